The number of rotatable bonds is 7. The van der Waals surface area contributed by atoms with Crippen molar-refractivity contribution in [2.75, 3.05) is 5.32 Å². The molecule has 0 aliphatic heterocycles. The predicted molar refractivity (Wildman–Crippen MR) is 110 cm³/mol. The third-order valence-electron chi connectivity index (χ3n) is 4.55. The smallest absolute Gasteiger partial charge is 0.292 e. The average molecular weight is 498 g/mol. The minimum absolute atomic E-state index is 0.0171. The molecule has 2 aromatic heterocycles. The summed E-state index contributed by atoms with van der Waals surface area (Å²) in [5.41, 5.74) is 0.362. The summed E-state index contributed by atoms with van der Waals surface area (Å²) in [7, 11) is 0. The Morgan fingerprint density at radius 2 is 1.74 bits per heavy atom. The van der Waals surface area contributed by atoms with Gasteiger partial charge in [0.2, 0.25) is 11.6 Å². The van der Waals surface area contributed by atoms with Gasteiger partial charge >= 0.3 is 0 Å². The second-order valence-electron chi connectivity index (χ2n) is 6.92. The Bertz CT molecular complexity index is 1350. The summed E-state index contributed by atoms with van der Waals surface area (Å²) < 4.78 is 79.1. The molecule has 0 fully saturated rings. The van der Waals surface area contributed by atoms with Crippen molar-refractivity contribution >= 4 is 23.3 Å². The van der Waals surface area contributed by atoms with E-state index in [2.05, 4.69) is 10.4 Å². The number of hydrogen-bond donors (Lipinski definition) is 1. The van der Waals surface area contributed by atoms with Crippen LogP contribution in [0.4, 0.5) is 27.8 Å². The molecule has 0 atom stereocenters. The summed E-state index contributed by atoms with van der Waals surface area (Å²) >= 11 is 6.09. The van der Waals surface area contributed by atoms with Crippen LogP contribution in [0.25, 0.3) is 0 Å². The third kappa shape index (κ3) is 4.88. The Morgan fingerprint density at radius 3 is 2.44 bits per heavy atom. The number of nitrogens with one attached hydrogen (secondary N) is 1. The molecule has 0 bridgehead atoms. The molecule has 0 radical (unpaired) electrons. The fourth-order valence-corrected chi connectivity index (χ4v) is 3.13. The fraction of sp³-hybridized carbons (Fsp3) is 0.0909. The SMILES string of the molecule is O=C(Nc1nn(Cc2ccccc2F)cc1Cl)c1ccc(COc2c(F)c(F)cc(F)c2F)o1. The monoisotopic (exact) mass is 497 g/mol. The second-order valence-corrected chi connectivity index (χ2v) is 7.33. The van der Waals surface area contributed by atoms with Crippen LogP contribution in [-0.2, 0) is 13.2 Å². The molecule has 2 heterocycles. The minimum Gasteiger partial charge on any atom is -0.479 e. The molecular formula is C22H13ClF5N3O3. The van der Waals surface area contributed by atoms with Crippen molar-refractivity contribution in [1.82, 2.24) is 9.78 Å². The highest BCUT2D eigenvalue weighted by Gasteiger charge is 2.22. The number of anilines is 1. The Morgan fingerprint density at radius 1 is 1.03 bits per heavy atom. The van der Waals surface area contributed by atoms with Crippen molar-refractivity contribution in [1.29, 1.82) is 0 Å². The van der Waals surface area contributed by atoms with E-state index in [1.54, 1.807) is 18.2 Å². The zero-order chi connectivity index (χ0) is 24.4. The van der Waals surface area contributed by atoms with Crippen molar-refractivity contribution in [2.24, 2.45) is 0 Å². The molecule has 0 aliphatic carbocycles. The van der Waals surface area contributed by atoms with Gasteiger partial charge in [-0.15, -0.1) is 0 Å². The number of furan rings is 1. The van der Waals surface area contributed by atoms with Crippen molar-refractivity contribution in [2.45, 2.75) is 13.2 Å². The van der Waals surface area contributed by atoms with Crippen LogP contribution in [0.15, 0.2) is 53.1 Å². The van der Waals surface area contributed by atoms with Crippen molar-refractivity contribution in [3.05, 3.63) is 99.9 Å². The van der Waals surface area contributed by atoms with Crippen LogP contribution in [0.3, 0.4) is 0 Å². The number of hydrogen-bond acceptors (Lipinski definition) is 4. The Kier molecular flexibility index (Phi) is 6.55. The number of amides is 1. The van der Waals surface area contributed by atoms with Crippen LogP contribution in [0, 0.1) is 29.1 Å². The van der Waals surface area contributed by atoms with Gasteiger partial charge in [-0.3, -0.25) is 9.48 Å². The maximum absolute atomic E-state index is 13.8. The molecule has 1 N–H and O–H groups in total. The summed E-state index contributed by atoms with van der Waals surface area (Å²) in [5, 5.41) is 6.60. The lowest BCUT2D eigenvalue weighted by atomic mass is 10.2. The maximum atomic E-state index is 13.8. The lowest BCUT2D eigenvalue weighted by Crippen LogP contribution is -2.12. The number of ether oxygens (including phenoxy) is 1. The zero-order valence-electron chi connectivity index (χ0n) is 16.9. The van der Waals surface area contributed by atoms with Crippen LogP contribution >= 0.6 is 11.6 Å². The van der Waals surface area contributed by atoms with Gasteiger partial charge in [0.05, 0.1) is 6.54 Å². The number of halogens is 6. The zero-order valence-corrected chi connectivity index (χ0v) is 17.7. The normalized spacial score (nSPS) is 11.0. The lowest BCUT2D eigenvalue weighted by molar-refractivity contribution is 0.0991. The highest BCUT2D eigenvalue weighted by Crippen LogP contribution is 2.27. The summed E-state index contributed by atoms with van der Waals surface area (Å²) in [4.78, 5) is 12.4. The van der Waals surface area contributed by atoms with Gasteiger partial charge in [-0.2, -0.15) is 13.9 Å². The predicted octanol–water partition coefficient (Wildman–Crippen LogP) is 5.70. The first-order chi connectivity index (χ1) is 16.2. The van der Waals surface area contributed by atoms with E-state index >= 15 is 0 Å². The van der Waals surface area contributed by atoms with Gasteiger partial charge < -0.3 is 14.5 Å². The van der Waals surface area contributed by atoms with Gasteiger partial charge in [0.15, 0.2) is 29.0 Å². The summed E-state index contributed by atoms with van der Waals surface area (Å²) in [6.45, 7) is -0.555. The summed E-state index contributed by atoms with van der Waals surface area (Å²) in [6, 6.07) is 8.64. The highest BCUT2D eigenvalue weighted by molar-refractivity contribution is 6.33. The van der Waals surface area contributed by atoms with E-state index in [0.29, 0.717) is 5.56 Å². The molecule has 0 aliphatic rings. The standard InChI is InChI=1S/C22H13ClF5N3O3/c23-13-9-31(8-11-3-1-2-4-14(11)24)30-21(13)29-22(32)17-6-5-12(34-17)10-33-20-18(27)15(25)7-16(26)19(20)28/h1-7,9H,8,10H2,(H,29,30,32). The van der Waals surface area contributed by atoms with Crippen molar-refractivity contribution in [3.63, 3.8) is 0 Å². The average Bonchev–Trinajstić information content (AvgIpc) is 3.41. The van der Waals surface area contributed by atoms with Crippen LogP contribution < -0.4 is 10.1 Å². The molecular weight excluding hydrogens is 485 g/mol. The number of carbonyl (C=O) groups excluding carboxylic acids is 1. The fourth-order valence-electron chi connectivity index (χ4n) is 2.93. The van der Waals surface area contributed by atoms with Gasteiger partial charge in [-0.05, 0) is 18.2 Å². The molecule has 12 heteroatoms. The molecule has 0 saturated carbocycles. The number of carbonyl (C=O) groups is 1. The molecule has 1 amide bonds. The number of benzene rings is 2. The first-order valence-electron chi connectivity index (χ1n) is 9.55. The van der Waals surface area contributed by atoms with Crippen LogP contribution in [-0.4, -0.2) is 15.7 Å². The van der Waals surface area contributed by atoms with Gasteiger partial charge in [-0.1, -0.05) is 29.8 Å². The molecule has 4 rings (SSSR count). The molecule has 176 valence electrons. The molecule has 34 heavy (non-hydrogen) atoms. The first kappa shape index (κ1) is 23.3. The highest BCUT2D eigenvalue weighted by atomic mass is 35.5. The molecule has 0 unspecified atom stereocenters. The maximum Gasteiger partial charge on any atom is 0.292 e. The summed E-state index contributed by atoms with van der Waals surface area (Å²) in [6.07, 6.45) is 1.40. The molecule has 0 spiro atoms. The topological polar surface area (TPSA) is 69.3 Å². The van der Waals surface area contributed by atoms with E-state index < -0.39 is 47.3 Å². The van der Waals surface area contributed by atoms with E-state index in [4.69, 9.17) is 20.8 Å². The van der Waals surface area contributed by atoms with E-state index in [0.717, 1.165) is 0 Å². The van der Waals surface area contributed by atoms with E-state index in [-0.39, 0.29) is 35.0 Å². The lowest BCUT2D eigenvalue weighted by Gasteiger charge is -2.08. The number of aromatic nitrogens is 2. The van der Waals surface area contributed by atoms with E-state index in [1.807, 2.05) is 0 Å². The second kappa shape index (κ2) is 9.56. The van der Waals surface area contributed by atoms with Crippen LogP contribution in [0.5, 0.6) is 5.75 Å². The largest absolute Gasteiger partial charge is 0.479 e. The van der Waals surface area contributed by atoms with Crippen molar-refractivity contribution < 1.29 is 35.9 Å². The number of nitrogens with zero attached hydrogens (tertiary/aromatic N) is 2. The molecule has 2 aromatic carbocycles. The molecule has 4 aromatic rings. The Labute approximate surface area is 193 Å². The molecule has 6 nitrogen and oxygen atoms in total. The van der Waals surface area contributed by atoms with Crippen LogP contribution in [0.2, 0.25) is 5.02 Å². The Balaban J connectivity index is 1.42. The van der Waals surface area contributed by atoms with Gasteiger partial charge in [0.1, 0.15) is 23.2 Å². The summed E-state index contributed by atoms with van der Waals surface area (Å²) in [5.74, 6) is -9.42. The third-order valence-corrected chi connectivity index (χ3v) is 4.83. The van der Waals surface area contributed by atoms with Gasteiger partial charge in [0, 0.05) is 17.8 Å². The molecule has 0 saturated heterocycles. The van der Waals surface area contributed by atoms with E-state index in [1.165, 1.54) is 29.1 Å². The van der Waals surface area contributed by atoms with Gasteiger partial charge in [0.25, 0.3) is 5.91 Å². The van der Waals surface area contributed by atoms with E-state index in [9.17, 15) is 26.7 Å². The van der Waals surface area contributed by atoms with Crippen LogP contribution in [0.1, 0.15) is 21.9 Å². The first-order valence-corrected chi connectivity index (χ1v) is 9.93. The quantitative estimate of drug-likeness (QED) is 0.262. The van der Waals surface area contributed by atoms with Gasteiger partial charge in [-0.25, -0.2) is 13.2 Å². The van der Waals surface area contributed by atoms with Crippen molar-refractivity contribution in [3.8, 4) is 5.75 Å². The minimum atomic E-state index is -1.70. The Hall–Kier alpha value is -3.86.